The summed E-state index contributed by atoms with van der Waals surface area (Å²) in [5.74, 6) is -0.00182. The molecule has 4 heteroatoms. The Labute approximate surface area is 112 Å². The fraction of sp³-hybridized carbons (Fsp3) is 0.0667. The number of carboxylic acids is 1. The summed E-state index contributed by atoms with van der Waals surface area (Å²) in [5.41, 5.74) is 0.956. The first-order chi connectivity index (χ1) is 9.13. The zero-order chi connectivity index (χ0) is 14.1. The predicted molar refractivity (Wildman–Crippen MR) is 75.4 cm³/mol. The van der Waals surface area contributed by atoms with E-state index in [0.717, 1.165) is 11.6 Å². The lowest BCUT2D eigenvalue weighted by atomic mass is 10.2. The summed E-state index contributed by atoms with van der Waals surface area (Å²) < 4.78 is 5.63. The molecule has 0 bridgehead atoms. The molecule has 0 heterocycles. The third-order valence-electron chi connectivity index (χ3n) is 2.14. The lowest BCUT2D eigenvalue weighted by Crippen LogP contribution is -1.96. The summed E-state index contributed by atoms with van der Waals surface area (Å²) in [4.78, 5) is 14.3. The van der Waals surface area contributed by atoms with Crippen LogP contribution in [0.1, 0.15) is 5.56 Å². The van der Waals surface area contributed by atoms with Crippen molar-refractivity contribution >= 4 is 12.2 Å². The number of aliphatic imine (C=N–C) groups is 1. The molecule has 0 unspecified atom stereocenters. The summed E-state index contributed by atoms with van der Waals surface area (Å²) >= 11 is 0. The number of carboxylic acid groups (broad SMARTS) is 1. The van der Waals surface area contributed by atoms with E-state index >= 15 is 0 Å². The van der Waals surface area contributed by atoms with Gasteiger partial charge in [-0.1, -0.05) is 24.8 Å². The van der Waals surface area contributed by atoms with Crippen molar-refractivity contribution in [3.8, 4) is 5.75 Å². The molecule has 0 fully saturated rings. The second-order valence-corrected chi connectivity index (χ2v) is 3.59. The monoisotopic (exact) mass is 257 g/mol. The first kappa shape index (κ1) is 14.4. The highest BCUT2D eigenvalue weighted by Gasteiger charge is 2.00. The molecule has 0 amide bonds. The van der Waals surface area contributed by atoms with Crippen molar-refractivity contribution in [2.75, 3.05) is 0 Å². The third kappa shape index (κ3) is 5.50. The SMILES string of the molecule is C=C/N=C/C=C(\C=C\C(=O)O)Oc1ccccc1C. The largest absolute Gasteiger partial charge is 0.478 e. The highest BCUT2D eigenvalue weighted by atomic mass is 16.5. The van der Waals surface area contributed by atoms with Gasteiger partial charge in [-0.2, -0.15) is 0 Å². The topological polar surface area (TPSA) is 58.9 Å². The average molecular weight is 257 g/mol. The molecule has 0 aromatic heterocycles. The van der Waals surface area contributed by atoms with Crippen LogP contribution >= 0.6 is 0 Å². The molecule has 1 rings (SSSR count). The maximum absolute atomic E-state index is 10.5. The summed E-state index contributed by atoms with van der Waals surface area (Å²) in [5, 5.41) is 8.64. The fourth-order valence-corrected chi connectivity index (χ4v) is 1.25. The van der Waals surface area contributed by atoms with E-state index < -0.39 is 5.97 Å². The number of allylic oxidation sites excluding steroid dienone is 2. The average Bonchev–Trinajstić information content (AvgIpc) is 2.38. The van der Waals surface area contributed by atoms with Crippen molar-refractivity contribution in [3.05, 3.63) is 66.6 Å². The molecule has 4 nitrogen and oxygen atoms in total. The Hall–Kier alpha value is -2.62. The van der Waals surface area contributed by atoms with Gasteiger partial charge in [-0.05, 0) is 30.7 Å². The van der Waals surface area contributed by atoms with Crippen LogP contribution in [0.4, 0.5) is 0 Å². The van der Waals surface area contributed by atoms with E-state index in [2.05, 4.69) is 11.6 Å². The Balaban J connectivity index is 2.94. The minimum Gasteiger partial charge on any atom is -0.478 e. The van der Waals surface area contributed by atoms with Gasteiger partial charge in [0.05, 0.1) is 0 Å². The molecule has 19 heavy (non-hydrogen) atoms. The van der Waals surface area contributed by atoms with Crippen LogP contribution in [0.5, 0.6) is 5.75 Å². The number of nitrogens with zero attached hydrogens (tertiary/aromatic N) is 1. The quantitative estimate of drug-likeness (QED) is 0.368. The van der Waals surface area contributed by atoms with Gasteiger partial charge in [0.25, 0.3) is 0 Å². The second-order valence-electron chi connectivity index (χ2n) is 3.59. The van der Waals surface area contributed by atoms with Crippen LogP contribution in [0.15, 0.2) is 66.0 Å². The van der Waals surface area contributed by atoms with Crippen LogP contribution in [0.2, 0.25) is 0 Å². The van der Waals surface area contributed by atoms with Crippen molar-refractivity contribution in [3.63, 3.8) is 0 Å². The first-order valence-electron chi connectivity index (χ1n) is 5.62. The van der Waals surface area contributed by atoms with Crippen molar-refractivity contribution in [1.29, 1.82) is 0 Å². The lowest BCUT2D eigenvalue weighted by Gasteiger charge is -2.08. The molecule has 0 radical (unpaired) electrons. The molecule has 0 aliphatic heterocycles. The number of hydrogen-bond donors (Lipinski definition) is 1. The first-order valence-corrected chi connectivity index (χ1v) is 5.62. The zero-order valence-corrected chi connectivity index (χ0v) is 10.6. The van der Waals surface area contributed by atoms with E-state index in [-0.39, 0.29) is 0 Å². The molecule has 0 saturated heterocycles. The van der Waals surface area contributed by atoms with Crippen LogP contribution in [-0.4, -0.2) is 17.3 Å². The van der Waals surface area contributed by atoms with Crippen molar-refractivity contribution in [2.45, 2.75) is 6.92 Å². The predicted octanol–water partition coefficient (Wildman–Crippen LogP) is 3.11. The number of hydrogen-bond acceptors (Lipinski definition) is 3. The summed E-state index contributed by atoms with van der Waals surface area (Å²) in [6, 6.07) is 7.46. The molecule has 1 N–H and O–H groups in total. The van der Waals surface area contributed by atoms with Crippen molar-refractivity contribution < 1.29 is 14.6 Å². The number of aliphatic carboxylic acids is 1. The van der Waals surface area contributed by atoms with Crippen LogP contribution in [0, 0.1) is 6.92 Å². The number of rotatable bonds is 6. The molecular formula is C15H15NO3. The Morgan fingerprint density at radius 3 is 2.74 bits per heavy atom. The van der Waals surface area contributed by atoms with E-state index in [0.29, 0.717) is 11.5 Å². The molecule has 0 aliphatic carbocycles. The maximum Gasteiger partial charge on any atom is 0.328 e. The van der Waals surface area contributed by atoms with E-state index in [1.807, 2.05) is 31.2 Å². The van der Waals surface area contributed by atoms with E-state index in [1.165, 1.54) is 18.5 Å². The number of benzene rings is 1. The van der Waals surface area contributed by atoms with Crippen molar-refractivity contribution in [2.24, 2.45) is 4.99 Å². The van der Waals surface area contributed by atoms with Gasteiger partial charge < -0.3 is 9.84 Å². The Kier molecular flexibility index (Phi) is 5.82. The van der Waals surface area contributed by atoms with Crippen molar-refractivity contribution in [1.82, 2.24) is 0 Å². The number of carbonyl (C=O) groups is 1. The maximum atomic E-state index is 10.5. The summed E-state index contributed by atoms with van der Waals surface area (Å²) in [6.45, 7) is 5.36. The number of ether oxygens (including phenoxy) is 1. The molecule has 0 aliphatic rings. The van der Waals surface area contributed by atoms with Crippen LogP contribution in [0.3, 0.4) is 0 Å². The van der Waals surface area contributed by atoms with Crippen LogP contribution in [0.25, 0.3) is 0 Å². The molecule has 0 spiro atoms. The van der Waals surface area contributed by atoms with Crippen LogP contribution in [-0.2, 0) is 4.79 Å². The Morgan fingerprint density at radius 1 is 1.37 bits per heavy atom. The lowest BCUT2D eigenvalue weighted by molar-refractivity contribution is -0.131. The highest BCUT2D eigenvalue weighted by Crippen LogP contribution is 2.19. The normalized spacial score (nSPS) is 11.9. The van der Waals surface area contributed by atoms with E-state index in [1.54, 1.807) is 6.08 Å². The Bertz CT molecular complexity index is 542. The molecule has 98 valence electrons. The molecular weight excluding hydrogens is 242 g/mol. The van der Waals surface area contributed by atoms with E-state index in [4.69, 9.17) is 9.84 Å². The number of para-hydroxylation sites is 1. The van der Waals surface area contributed by atoms with Gasteiger partial charge in [0.2, 0.25) is 0 Å². The zero-order valence-electron chi connectivity index (χ0n) is 10.6. The highest BCUT2D eigenvalue weighted by molar-refractivity contribution is 5.81. The van der Waals surface area contributed by atoms with Gasteiger partial charge in [0.15, 0.2) is 0 Å². The third-order valence-corrected chi connectivity index (χ3v) is 2.14. The van der Waals surface area contributed by atoms with Gasteiger partial charge in [-0.3, -0.25) is 4.99 Å². The molecule has 0 atom stereocenters. The Morgan fingerprint density at radius 2 is 2.11 bits per heavy atom. The van der Waals surface area contributed by atoms with Gasteiger partial charge in [0.1, 0.15) is 11.5 Å². The number of aryl methyl sites for hydroxylation is 1. The summed E-state index contributed by atoms with van der Waals surface area (Å²) in [7, 11) is 0. The van der Waals surface area contributed by atoms with Gasteiger partial charge >= 0.3 is 5.97 Å². The molecule has 1 aromatic carbocycles. The fourth-order valence-electron chi connectivity index (χ4n) is 1.25. The smallest absolute Gasteiger partial charge is 0.328 e. The standard InChI is InChI=1S/C15H15NO3/c1-3-16-11-10-13(8-9-15(17)18)19-14-7-5-4-6-12(14)2/h3-11H,1H2,2H3,(H,17,18)/b9-8+,13-10+,16-11+. The molecule has 0 saturated carbocycles. The minimum atomic E-state index is -1.04. The molecule has 1 aromatic rings. The van der Waals surface area contributed by atoms with Crippen LogP contribution < -0.4 is 4.74 Å². The summed E-state index contributed by atoms with van der Waals surface area (Å²) in [6.07, 6.45) is 6.79. The van der Waals surface area contributed by atoms with E-state index in [9.17, 15) is 4.79 Å². The van der Waals surface area contributed by atoms with Gasteiger partial charge in [-0.25, -0.2) is 4.79 Å². The van der Waals surface area contributed by atoms with Gasteiger partial charge in [-0.15, -0.1) is 0 Å². The van der Waals surface area contributed by atoms with Gasteiger partial charge in [0, 0.05) is 18.5 Å². The second kappa shape index (κ2) is 7.66. The minimum absolute atomic E-state index is 0.377.